The molecule has 0 saturated heterocycles. The molecule has 3 aromatic rings. The molecular formula is C22H20N2O2S2. The van der Waals surface area contributed by atoms with Crippen molar-refractivity contribution in [2.24, 2.45) is 8.80 Å². The first-order valence-corrected chi connectivity index (χ1v) is 10.9. The third kappa shape index (κ3) is 5.65. The van der Waals surface area contributed by atoms with Gasteiger partial charge in [-0.25, -0.2) is 8.42 Å². The van der Waals surface area contributed by atoms with Crippen LogP contribution in [0.3, 0.4) is 0 Å². The quantitative estimate of drug-likeness (QED) is 0.560. The fourth-order valence-corrected chi connectivity index (χ4v) is 3.73. The van der Waals surface area contributed by atoms with Crippen molar-refractivity contribution in [3.63, 3.8) is 0 Å². The van der Waals surface area contributed by atoms with Crippen molar-refractivity contribution in [3.05, 3.63) is 95.1 Å². The van der Waals surface area contributed by atoms with Crippen molar-refractivity contribution >= 4 is 34.4 Å². The van der Waals surface area contributed by atoms with E-state index in [9.17, 15) is 8.42 Å². The summed E-state index contributed by atoms with van der Waals surface area (Å²) in [7, 11) is -2.85. The van der Waals surface area contributed by atoms with E-state index in [1.54, 1.807) is 12.4 Å². The summed E-state index contributed by atoms with van der Waals surface area (Å²) in [5, 5.41) is 0. The maximum absolute atomic E-state index is 12.2. The van der Waals surface area contributed by atoms with Gasteiger partial charge in [0.15, 0.2) is 22.0 Å². The predicted molar refractivity (Wildman–Crippen MR) is 117 cm³/mol. The van der Waals surface area contributed by atoms with Gasteiger partial charge in [0, 0.05) is 12.4 Å². The van der Waals surface area contributed by atoms with Crippen molar-refractivity contribution < 1.29 is 8.42 Å². The second kappa shape index (κ2) is 9.48. The van der Waals surface area contributed by atoms with Gasteiger partial charge < -0.3 is 0 Å². The first-order chi connectivity index (χ1) is 13.5. The van der Waals surface area contributed by atoms with Crippen LogP contribution < -0.4 is 0 Å². The third-order valence-electron chi connectivity index (χ3n) is 3.98. The fourth-order valence-electron chi connectivity index (χ4n) is 2.32. The van der Waals surface area contributed by atoms with E-state index in [4.69, 9.17) is 0 Å². The Hall–Kier alpha value is -2.70. The molecule has 0 aliphatic carbocycles. The van der Waals surface area contributed by atoms with Gasteiger partial charge in [-0.05, 0) is 49.2 Å². The molecule has 0 N–H and O–H groups in total. The highest BCUT2D eigenvalue weighted by Gasteiger charge is 2.01. The molecule has 4 nitrogen and oxygen atoms in total. The molecule has 0 aliphatic rings. The topological polar surface area (TPSA) is 58.9 Å². The van der Waals surface area contributed by atoms with Crippen LogP contribution in [0, 0.1) is 13.8 Å². The summed E-state index contributed by atoms with van der Waals surface area (Å²) in [5.74, 6) is 0. The zero-order valence-corrected chi connectivity index (χ0v) is 17.2. The predicted octanol–water partition coefficient (Wildman–Crippen LogP) is 4.59. The Labute approximate surface area is 170 Å². The SMILES string of the molecule is Cc1ccc(S(=O)/N=C/c2ccc(/C=N/S(=O)c3ccc(C)cc3)cc2)cc1. The highest BCUT2D eigenvalue weighted by molar-refractivity contribution is 7.84. The van der Waals surface area contributed by atoms with E-state index in [1.807, 2.05) is 86.6 Å². The van der Waals surface area contributed by atoms with Crippen LogP contribution >= 0.6 is 0 Å². The Morgan fingerprint density at radius 2 is 0.893 bits per heavy atom. The van der Waals surface area contributed by atoms with E-state index < -0.39 is 22.0 Å². The van der Waals surface area contributed by atoms with Gasteiger partial charge in [-0.2, -0.15) is 8.80 Å². The summed E-state index contributed by atoms with van der Waals surface area (Å²) in [6, 6.07) is 22.3. The average molecular weight is 409 g/mol. The van der Waals surface area contributed by atoms with Crippen molar-refractivity contribution in [1.29, 1.82) is 0 Å². The zero-order chi connectivity index (χ0) is 19.9. The van der Waals surface area contributed by atoms with Crippen LogP contribution in [-0.4, -0.2) is 20.8 Å². The van der Waals surface area contributed by atoms with Crippen molar-refractivity contribution in [2.45, 2.75) is 23.6 Å². The number of nitrogens with zero attached hydrogens (tertiary/aromatic N) is 2. The molecule has 0 spiro atoms. The van der Waals surface area contributed by atoms with Crippen LogP contribution in [0.25, 0.3) is 0 Å². The molecule has 6 heteroatoms. The molecule has 3 rings (SSSR count). The van der Waals surface area contributed by atoms with Crippen LogP contribution in [0.5, 0.6) is 0 Å². The Bertz CT molecular complexity index is 953. The number of hydrogen-bond acceptors (Lipinski definition) is 2. The lowest BCUT2D eigenvalue weighted by Gasteiger charge is -1.99. The smallest absolute Gasteiger partial charge is 0.172 e. The number of hydrogen-bond donors (Lipinski definition) is 0. The minimum absolute atomic E-state index is 0.671. The van der Waals surface area contributed by atoms with Crippen LogP contribution in [0.4, 0.5) is 0 Å². The molecule has 2 unspecified atom stereocenters. The maximum Gasteiger partial charge on any atom is 0.172 e. The summed E-state index contributed by atoms with van der Waals surface area (Å²) >= 11 is 0. The van der Waals surface area contributed by atoms with E-state index in [2.05, 4.69) is 8.80 Å². The number of rotatable bonds is 6. The summed E-state index contributed by atoms with van der Waals surface area (Å²) < 4.78 is 32.6. The van der Waals surface area contributed by atoms with Crippen LogP contribution in [0.15, 0.2) is 91.4 Å². The monoisotopic (exact) mass is 408 g/mol. The van der Waals surface area contributed by atoms with Gasteiger partial charge in [0.05, 0.1) is 9.79 Å². The number of benzene rings is 3. The Morgan fingerprint density at radius 3 is 1.21 bits per heavy atom. The van der Waals surface area contributed by atoms with Crippen molar-refractivity contribution in [3.8, 4) is 0 Å². The van der Waals surface area contributed by atoms with Gasteiger partial charge in [0.25, 0.3) is 0 Å². The first kappa shape index (κ1) is 20.0. The van der Waals surface area contributed by atoms with E-state index in [-0.39, 0.29) is 0 Å². The highest BCUT2D eigenvalue weighted by atomic mass is 32.2. The van der Waals surface area contributed by atoms with Gasteiger partial charge in [-0.3, -0.25) is 0 Å². The van der Waals surface area contributed by atoms with Gasteiger partial charge >= 0.3 is 0 Å². The van der Waals surface area contributed by atoms with E-state index >= 15 is 0 Å². The Balaban J connectivity index is 1.62. The summed E-state index contributed by atoms with van der Waals surface area (Å²) in [6.45, 7) is 3.97. The zero-order valence-electron chi connectivity index (χ0n) is 15.6. The molecule has 0 fully saturated rings. The summed E-state index contributed by atoms with van der Waals surface area (Å²) in [5.41, 5.74) is 3.89. The highest BCUT2D eigenvalue weighted by Crippen LogP contribution is 2.11. The van der Waals surface area contributed by atoms with Crippen LogP contribution in [0.2, 0.25) is 0 Å². The standard InChI is InChI=1S/C22H20N2O2S2/c1-17-3-11-21(12-4-17)27(25)23-15-19-7-9-20(10-8-19)16-24-28(26)22-13-5-18(2)6-14-22/h3-16H,1-2H3/b23-15+,24-16+. The molecule has 3 aromatic carbocycles. The lowest BCUT2D eigenvalue weighted by atomic mass is 10.2. The molecule has 2 atom stereocenters. The second-order valence-electron chi connectivity index (χ2n) is 6.26. The van der Waals surface area contributed by atoms with Gasteiger partial charge in [0.1, 0.15) is 0 Å². The minimum atomic E-state index is -1.43. The summed E-state index contributed by atoms with van der Waals surface area (Å²) in [4.78, 5) is 1.34. The Kier molecular flexibility index (Phi) is 6.79. The normalized spacial score (nSPS) is 13.8. The molecule has 0 bridgehead atoms. The van der Waals surface area contributed by atoms with E-state index in [0.29, 0.717) is 9.79 Å². The molecule has 0 aliphatic heterocycles. The Morgan fingerprint density at radius 1 is 0.571 bits per heavy atom. The third-order valence-corrected chi connectivity index (χ3v) is 5.92. The fraction of sp³-hybridized carbons (Fsp3) is 0.0909. The van der Waals surface area contributed by atoms with Gasteiger partial charge in [-0.1, -0.05) is 59.7 Å². The van der Waals surface area contributed by atoms with Crippen LogP contribution in [-0.2, 0) is 22.0 Å². The van der Waals surface area contributed by atoms with Crippen molar-refractivity contribution in [2.75, 3.05) is 0 Å². The van der Waals surface area contributed by atoms with Crippen molar-refractivity contribution in [1.82, 2.24) is 0 Å². The van der Waals surface area contributed by atoms with E-state index in [1.165, 1.54) is 0 Å². The maximum atomic E-state index is 12.2. The van der Waals surface area contributed by atoms with Gasteiger partial charge in [-0.15, -0.1) is 0 Å². The number of aryl methyl sites for hydroxylation is 2. The molecule has 0 heterocycles. The van der Waals surface area contributed by atoms with E-state index in [0.717, 1.165) is 22.3 Å². The molecule has 142 valence electrons. The largest absolute Gasteiger partial charge is 0.229 e. The lowest BCUT2D eigenvalue weighted by Crippen LogP contribution is -1.91. The second-order valence-corrected chi connectivity index (χ2v) is 8.62. The molecule has 0 amide bonds. The molecule has 0 radical (unpaired) electrons. The molecular weight excluding hydrogens is 388 g/mol. The molecule has 0 saturated carbocycles. The summed E-state index contributed by atoms with van der Waals surface area (Å²) in [6.07, 6.45) is 3.17. The lowest BCUT2D eigenvalue weighted by molar-refractivity contribution is 0.683. The van der Waals surface area contributed by atoms with Crippen LogP contribution in [0.1, 0.15) is 22.3 Å². The minimum Gasteiger partial charge on any atom is -0.229 e. The molecule has 0 aromatic heterocycles. The van der Waals surface area contributed by atoms with Gasteiger partial charge in [0.2, 0.25) is 0 Å². The first-order valence-electron chi connectivity index (χ1n) is 8.66. The molecule has 28 heavy (non-hydrogen) atoms. The average Bonchev–Trinajstić information content (AvgIpc) is 2.72.